The van der Waals surface area contributed by atoms with E-state index in [2.05, 4.69) is 4.98 Å². The lowest BCUT2D eigenvalue weighted by Gasteiger charge is -2.26. The zero-order valence-electron chi connectivity index (χ0n) is 12.0. The van der Waals surface area contributed by atoms with Crippen LogP contribution in [0.15, 0.2) is 40.5 Å². The number of allylic oxidation sites excluding steroid dienone is 1. The molecule has 0 spiro atoms. The van der Waals surface area contributed by atoms with Gasteiger partial charge >= 0.3 is 0 Å². The Bertz CT molecular complexity index is 941. The molecule has 0 bridgehead atoms. The molecule has 0 saturated carbocycles. The Morgan fingerprint density at radius 2 is 2.04 bits per heavy atom. The van der Waals surface area contributed by atoms with Crippen LogP contribution in [-0.4, -0.2) is 4.98 Å². The maximum atomic E-state index is 12.4. The molecule has 0 radical (unpaired) electrons. The molecule has 1 aromatic heterocycles. The van der Waals surface area contributed by atoms with Crippen molar-refractivity contribution in [3.63, 3.8) is 0 Å². The number of nitrogens with two attached hydrogens (primary N) is 1. The molecule has 1 aliphatic heterocycles. The summed E-state index contributed by atoms with van der Waals surface area (Å²) in [5.74, 6) is -0.359. The van der Waals surface area contributed by atoms with Crippen molar-refractivity contribution >= 4 is 23.2 Å². The summed E-state index contributed by atoms with van der Waals surface area (Å²) in [6, 6.07) is 8.63. The Labute approximate surface area is 141 Å². The Balaban J connectivity index is 2.31. The molecular weight excluding hydrogens is 337 g/mol. The molecule has 7 heteroatoms. The molecule has 116 valence electrons. The topological polar surface area (TPSA) is 91.9 Å². The Morgan fingerprint density at radius 3 is 2.70 bits per heavy atom. The molecule has 5 nitrogen and oxygen atoms in total. The van der Waals surface area contributed by atoms with Gasteiger partial charge in [-0.2, -0.15) is 5.26 Å². The van der Waals surface area contributed by atoms with Crippen LogP contribution in [0.2, 0.25) is 10.0 Å². The van der Waals surface area contributed by atoms with Crippen molar-refractivity contribution in [2.75, 3.05) is 0 Å². The van der Waals surface area contributed by atoms with Crippen LogP contribution in [0.4, 0.5) is 0 Å². The molecule has 0 unspecified atom stereocenters. The third-order valence-corrected chi connectivity index (χ3v) is 4.37. The van der Waals surface area contributed by atoms with Crippen molar-refractivity contribution in [3.8, 4) is 11.8 Å². The van der Waals surface area contributed by atoms with E-state index >= 15 is 0 Å². The van der Waals surface area contributed by atoms with Crippen LogP contribution in [0.25, 0.3) is 0 Å². The van der Waals surface area contributed by atoms with Crippen LogP contribution in [0.1, 0.15) is 22.7 Å². The number of rotatable bonds is 1. The second-order valence-electron chi connectivity index (χ2n) is 5.16. The molecule has 0 saturated heterocycles. The summed E-state index contributed by atoms with van der Waals surface area (Å²) in [7, 11) is 0. The second-order valence-corrected chi connectivity index (χ2v) is 5.97. The van der Waals surface area contributed by atoms with Gasteiger partial charge in [-0.05, 0) is 24.6 Å². The van der Waals surface area contributed by atoms with Gasteiger partial charge in [0.15, 0.2) is 0 Å². The highest BCUT2D eigenvalue weighted by Crippen LogP contribution is 2.41. The fraction of sp³-hybridized carbons (Fsp3) is 0.125. The number of halogens is 2. The zero-order chi connectivity index (χ0) is 16.7. The number of aryl methyl sites for hydroxylation is 1. The highest BCUT2D eigenvalue weighted by Gasteiger charge is 2.33. The van der Waals surface area contributed by atoms with E-state index in [0.29, 0.717) is 32.6 Å². The van der Waals surface area contributed by atoms with Crippen molar-refractivity contribution in [2.24, 2.45) is 5.73 Å². The van der Waals surface area contributed by atoms with Crippen LogP contribution < -0.4 is 16.0 Å². The summed E-state index contributed by atoms with van der Waals surface area (Å²) in [6.45, 7) is 1.74. The van der Waals surface area contributed by atoms with E-state index in [4.69, 9.17) is 33.7 Å². The van der Waals surface area contributed by atoms with Crippen LogP contribution in [0.5, 0.6) is 5.75 Å². The molecular formula is C16H11Cl2N3O2. The minimum absolute atomic E-state index is 0.0268. The van der Waals surface area contributed by atoms with Crippen molar-refractivity contribution in [3.05, 3.63) is 72.9 Å². The van der Waals surface area contributed by atoms with Crippen LogP contribution >= 0.6 is 23.2 Å². The van der Waals surface area contributed by atoms with Gasteiger partial charge in [-0.1, -0.05) is 29.3 Å². The van der Waals surface area contributed by atoms with Gasteiger partial charge in [0, 0.05) is 11.8 Å². The second kappa shape index (κ2) is 5.65. The van der Waals surface area contributed by atoms with Crippen molar-refractivity contribution in [2.45, 2.75) is 12.8 Å². The van der Waals surface area contributed by atoms with Crippen LogP contribution in [0, 0.1) is 18.3 Å². The van der Waals surface area contributed by atoms with Gasteiger partial charge in [0.1, 0.15) is 17.4 Å². The number of nitrogens with zero attached hydrogens (tertiary/aromatic N) is 1. The zero-order valence-corrected chi connectivity index (χ0v) is 13.5. The third-order valence-electron chi connectivity index (χ3n) is 3.63. The predicted octanol–water partition coefficient (Wildman–Crippen LogP) is 3.21. The number of hydrogen-bond acceptors (Lipinski definition) is 4. The van der Waals surface area contributed by atoms with Crippen molar-refractivity contribution in [1.29, 1.82) is 5.26 Å². The Kier molecular flexibility index (Phi) is 3.80. The molecule has 1 atom stereocenters. The standard InChI is InChI=1S/C16H11Cl2N3O2/c1-7-4-12-14(16(22)21-7)13(9(6-19)15(20)23-12)8-2-3-10(17)11(18)5-8/h2-5,13H,20H2,1H3,(H,21,22)/t13-/m1/s1. The minimum atomic E-state index is -0.664. The van der Waals surface area contributed by atoms with E-state index in [1.165, 1.54) is 0 Å². The van der Waals surface area contributed by atoms with Crippen molar-refractivity contribution in [1.82, 2.24) is 4.98 Å². The number of aromatic nitrogens is 1. The first kappa shape index (κ1) is 15.5. The van der Waals surface area contributed by atoms with E-state index in [9.17, 15) is 10.1 Å². The monoisotopic (exact) mass is 347 g/mol. The van der Waals surface area contributed by atoms with Gasteiger partial charge in [-0.3, -0.25) is 4.79 Å². The fourth-order valence-corrected chi connectivity index (χ4v) is 2.94. The summed E-state index contributed by atoms with van der Waals surface area (Å²) in [5, 5.41) is 10.2. The average Bonchev–Trinajstić information content (AvgIpc) is 2.48. The lowest BCUT2D eigenvalue weighted by atomic mass is 9.84. The summed E-state index contributed by atoms with van der Waals surface area (Å²) in [6.07, 6.45) is 0. The van der Waals surface area contributed by atoms with Gasteiger partial charge in [-0.15, -0.1) is 0 Å². The Morgan fingerprint density at radius 1 is 1.30 bits per heavy atom. The van der Waals surface area contributed by atoms with Crippen LogP contribution in [-0.2, 0) is 0 Å². The van der Waals surface area contributed by atoms with E-state index < -0.39 is 5.92 Å². The normalized spacial score (nSPS) is 16.5. The first-order valence-electron chi connectivity index (χ1n) is 6.68. The first-order chi connectivity index (χ1) is 10.9. The number of fused-ring (bicyclic) bond motifs is 1. The molecule has 0 fully saturated rings. The number of pyridine rings is 1. The lowest BCUT2D eigenvalue weighted by Crippen LogP contribution is -2.28. The quantitative estimate of drug-likeness (QED) is 0.828. The van der Waals surface area contributed by atoms with E-state index in [0.717, 1.165) is 0 Å². The first-order valence-corrected chi connectivity index (χ1v) is 7.44. The SMILES string of the molecule is Cc1cc2c(c(=O)[nH]1)[C@H](c1ccc(Cl)c(Cl)c1)C(C#N)=C(N)O2. The van der Waals surface area contributed by atoms with Gasteiger partial charge in [0.05, 0.1) is 21.5 Å². The number of nitrogens with one attached hydrogen (secondary N) is 1. The smallest absolute Gasteiger partial charge is 0.256 e. The number of benzene rings is 1. The van der Waals surface area contributed by atoms with Gasteiger partial charge in [-0.25, -0.2) is 0 Å². The number of hydrogen-bond donors (Lipinski definition) is 2. The summed E-state index contributed by atoms with van der Waals surface area (Å²) >= 11 is 12.0. The number of ether oxygens (including phenoxy) is 1. The number of aromatic amines is 1. The van der Waals surface area contributed by atoms with E-state index in [-0.39, 0.29) is 17.0 Å². The largest absolute Gasteiger partial charge is 0.440 e. The molecule has 2 heterocycles. The molecule has 0 aliphatic carbocycles. The van der Waals surface area contributed by atoms with Gasteiger partial charge < -0.3 is 15.5 Å². The average molecular weight is 348 g/mol. The molecule has 1 aliphatic rings. The van der Waals surface area contributed by atoms with Gasteiger partial charge in [0.25, 0.3) is 5.56 Å². The Hall–Kier alpha value is -2.42. The van der Waals surface area contributed by atoms with E-state index in [1.807, 2.05) is 6.07 Å². The molecule has 0 amide bonds. The van der Waals surface area contributed by atoms with Crippen LogP contribution in [0.3, 0.4) is 0 Å². The molecule has 2 aromatic rings. The number of H-pyrrole nitrogens is 1. The molecule has 23 heavy (non-hydrogen) atoms. The van der Waals surface area contributed by atoms with Gasteiger partial charge in [0.2, 0.25) is 5.88 Å². The third kappa shape index (κ3) is 2.56. The molecule has 3 N–H and O–H groups in total. The maximum Gasteiger partial charge on any atom is 0.256 e. The number of nitriles is 1. The minimum Gasteiger partial charge on any atom is -0.440 e. The maximum absolute atomic E-state index is 12.4. The predicted molar refractivity (Wildman–Crippen MR) is 87.6 cm³/mol. The summed E-state index contributed by atoms with van der Waals surface area (Å²) in [5.41, 5.74) is 7.27. The summed E-state index contributed by atoms with van der Waals surface area (Å²) < 4.78 is 5.46. The fourth-order valence-electron chi connectivity index (χ4n) is 2.63. The molecule has 1 aromatic carbocycles. The highest BCUT2D eigenvalue weighted by atomic mass is 35.5. The molecule has 3 rings (SSSR count). The lowest BCUT2D eigenvalue weighted by molar-refractivity contribution is 0.391. The summed E-state index contributed by atoms with van der Waals surface area (Å²) in [4.78, 5) is 15.1. The van der Waals surface area contributed by atoms with Crippen molar-refractivity contribution < 1.29 is 4.74 Å². The van der Waals surface area contributed by atoms with E-state index in [1.54, 1.807) is 31.2 Å². The highest BCUT2D eigenvalue weighted by molar-refractivity contribution is 6.42.